The first kappa shape index (κ1) is 19.0. The fourth-order valence-electron chi connectivity index (χ4n) is 2.37. The maximum atomic E-state index is 11.5. The molecule has 0 aromatic carbocycles. The molecule has 0 bridgehead atoms. The van der Waals surface area contributed by atoms with Crippen LogP contribution in [0.4, 0.5) is 5.69 Å². The van der Waals surface area contributed by atoms with Gasteiger partial charge in [-0.3, -0.25) is 4.79 Å². The number of aromatic nitrogens is 3. The third-order valence-electron chi connectivity index (χ3n) is 3.97. The molecule has 0 unspecified atom stereocenters. The lowest BCUT2D eigenvalue weighted by atomic mass is 10.0. The van der Waals surface area contributed by atoms with Gasteiger partial charge >= 0.3 is 0 Å². The molecule has 0 saturated carbocycles. The number of carbonyl (C=O) groups is 1. The maximum absolute atomic E-state index is 11.5. The average molecular weight is 353 g/mol. The van der Waals surface area contributed by atoms with E-state index < -0.39 is 5.91 Å². The molecule has 2 aromatic rings. The lowest BCUT2D eigenvalue weighted by Crippen LogP contribution is -2.16. The van der Waals surface area contributed by atoms with E-state index in [0.717, 1.165) is 11.8 Å². The molecule has 26 heavy (non-hydrogen) atoms. The summed E-state index contributed by atoms with van der Waals surface area (Å²) < 4.78 is 1.74. The van der Waals surface area contributed by atoms with Gasteiger partial charge in [-0.2, -0.15) is 0 Å². The molecule has 2 rings (SSSR count). The van der Waals surface area contributed by atoms with Gasteiger partial charge in [-0.15, -0.1) is 0 Å². The van der Waals surface area contributed by atoms with Gasteiger partial charge < -0.3 is 26.9 Å². The van der Waals surface area contributed by atoms with Crippen molar-refractivity contribution in [3.05, 3.63) is 35.3 Å². The van der Waals surface area contributed by atoms with Crippen molar-refractivity contribution in [2.24, 2.45) is 18.7 Å². The Kier molecular flexibility index (Phi) is 5.35. The van der Waals surface area contributed by atoms with Crippen molar-refractivity contribution in [1.29, 1.82) is 10.8 Å². The molecule has 0 aliphatic carbocycles. The number of nitrogen functional groups attached to an aromatic ring is 1. The van der Waals surface area contributed by atoms with E-state index in [-0.39, 0.29) is 17.3 Å². The molecular formula is C18H23N7O. The number of allylic oxidation sites excluding steroid dienone is 2. The van der Waals surface area contributed by atoms with Gasteiger partial charge in [-0.1, -0.05) is 13.8 Å². The largest absolute Gasteiger partial charge is 0.398 e. The number of aryl methyl sites for hydroxylation is 1. The van der Waals surface area contributed by atoms with Crippen LogP contribution in [0.25, 0.3) is 17.1 Å². The lowest BCUT2D eigenvalue weighted by molar-refractivity contribution is 0.0995. The summed E-state index contributed by atoms with van der Waals surface area (Å²) in [6.07, 6.45) is 4.65. The van der Waals surface area contributed by atoms with E-state index in [1.165, 1.54) is 6.07 Å². The number of rotatable bonds is 6. The van der Waals surface area contributed by atoms with Crippen LogP contribution in [0.2, 0.25) is 0 Å². The molecule has 136 valence electrons. The average Bonchev–Trinajstić information content (AvgIpc) is 2.95. The predicted molar refractivity (Wildman–Crippen MR) is 103 cm³/mol. The Labute approximate surface area is 152 Å². The Morgan fingerprint density at radius 1 is 1.31 bits per heavy atom. The third kappa shape index (κ3) is 3.69. The molecule has 0 saturated heterocycles. The lowest BCUT2D eigenvalue weighted by Gasteiger charge is -2.09. The van der Waals surface area contributed by atoms with E-state index in [0.29, 0.717) is 28.5 Å². The second-order valence-corrected chi connectivity index (χ2v) is 6.37. The Morgan fingerprint density at radius 3 is 2.50 bits per heavy atom. The highest BCUT2D eigenvalue weighted by Gasteiger charge is 2.18. The number of nitrogens with zero attached hydrogens (tertiary/aromatic N) is 3. The van der Waals surface area contributed by atoms with Crippen molar-refractivity contribution in [3.8, 4) is 11.5 Å². The third-order valence-corrected chi connectivity index (χ3v) is 3.97. The minimum atomic E-state index is -0.703. The van der Waals surface area contributed by atoms with E-state index in [9.17, 15) is 4.79 Å². The van der Waals surface area contributed by atoms with Crippen molar-refractivity contribution >= 4 is 29.1 Å². The van der Waals surface area contributed by atoms with E-state index in [4.69, 9.17) is 22.3 Å². The molecule has 0 atom stereocenters. The Hall–Kier alpha value is -3.29. The van der Waals surface area contributed by atoms with Crippen LogP contribution >= 0.6 is 0 Å². The summed E-state index contributed by atoms with van der Waals surface area (Å²) in [4.78, 5) is 20.3. The number of amides is 1. The van der Waals surface area contributed by atoms with E-state index in [1.807, 2.05) is 20.8 Å². The first-order valence-electron chi connectivity index (χ1n) is 8.07. The van der Waals surface area contributed by atoms with Crippen molar-refractivity contribution in [2.45, 2.75) is 20.8 Å². The van der Waals surface area contributed by atoms with Gasteiger partial charge in [-0.25, -0.2) is 9.97 Å². The maximum Gasteiger partial charge on any atom is 0.267 e. The molecule has 2 aromatic heterocycles. The fourth-order valence-corrected chi connectivity index (χ4v) is 2.37. The van der Waals surface area contributed by atoms with Crippen LogP contribution in [0.15, 0.2) is 18.3 Å². The second-order valence-electron chi connectivity index (χ2n) is 6.37. The number of primary amides is 1. The summed E-state index contributed by atoms with van der Waals surface area (Å²) in [6, 6.07) is 1.35. The molecule has 0 aliphatic heterocycles. The number of hydrogen-bond donors (Lipinski definition) is 4. The number of anilines is 1. The summed E-state index contributed by atoms with van der Waals surface area (Å²) in [5, 5.41) is 15.6. The normalized spacial score (nSPS) is 11.7. The van der Waals surface area contributed by atoms with Gasteiger partial charge in [0.25, 0.3) is 5.91 Å². The van der Waals surface area contributed by atoms with E-state index >= 15 is 0 Å². The van der Waals surface area contributed by atoms with Gasteiger partial charge in [0.05, 0.1) is 5.69 Å². The quantitative estimate of drug-likeness (QED) is 0.589. The predicted octanol–water partition coefficient (Wildman–Crippen LogP) is 2.24. The molecule has 0 aliphatic rings. The number of carbonyl (C=O) groups excluding carboxylic acids is 1. The highest BCUT2D eigenvalue weighted by molar-refractivity contribution is 6.00. The van der Waals surface area contributed by atoms with E-state index in [1.54, 1.807) is 23.9 Å². The van der Waals surface area contributed by atoms with Crippen LogP contribution in [-0.4, -0.2) is 32.4 Å². The van der Waals surface area contributed by atoms with Gasteiger partial charge in [-0.05, 0) is 30.6 Å². The van der Waals surface area contributed by atoms with Gasteiger partial charge in [0.15, 0.2) is 5.82 Å². The standard InChI is InChI=1S/C18H23N7O/c1-9(2)12(20)5-10(3)15-8-25(4)18(24-15)16-11(7-19)13(21)6-14(23-16)17(22)26/h5-9,19-20H,1-4H3,(H2,21,23)(H2,22,26)/b10-5+,19-7?,20-12?. The zero-order chi connectivity index (χ0) is 19.6. The molecular weight excluding hydrogens is 330 g/mol. The van der Waals surface area contributed by atoms with Crippen molar-refractivity contribution < 1.29 is 4.79 Å². The monoisotopic (exact) mass is 353 g/mol. The number of hydrogen-bond acceptors (Lipinski definition) is 6. The summed E-state index contributed by atoms with van der Waals surface area (Å²) in [5.41, 5.74) is 14.2. The Bertz CT molecular complexity index is 922. The molecule has 1 amide bonds. The summed E-state index contributed by atoms with van der Waals surface area (Å²) in [5.74, 6) is -0.131. The molecule has 6 N–H and O–H groups in total. The van der Waals surface area contributed by atoms with Crippen LogP contribution in [0.3, 0.4) is 0 Å². The fraction of sp³-hybridized carbons (Fsp3) is 0.278. The van der Waals surface area contributed by atoms with Gasteiger partial charge in [0.2, 0.25) is 0 Å². The number of imidazole rings is 1. The molecule has 0 fully saturated rings. The summed E-state index contributed by atoms with van der Waals surface area (Å²) in [6.45, 7) is 5.78. The van der Waals surface area contributed by atoms with Crippen molar-refractivity contribution in [3.63, 3.8) is 0 Å². The van der Waals surface area contributed by atoms with Gasteiger partial charge in [0.1, 0.15) is 11.4 Å². The van der Waals surface area contributed by atoms with Crippen LogP contribution in [0.5, 0.6) is 0 Å². The number of nitrogens with one attached hydrogen (secondary N) is 2. The highest BCUT2D eigenvalue weighted by Crippen LogP contribution is 2.26. The number of pyridine rings is 1. The Morgan fingerprint density at radius 2 is 1.96 bits per heavy atom. The zero-order valence-electron chi connectivity index (χ0n) is 15.3. The van der Waals surface area contributed by atoms with Crippen LogP contribution in [-0.2, 0) is 7.05 Å². The van der Waals surface area contributed by atoms with Crippen LogP contribution in [0.1, 0.15) is 42.5 Å². The topological polar surface area (TPSA) is 148 Å². The molecule has 8 heteroatoms. The second kappa shape index (κ2) is 7.30. The van der Waals surface area contributed by atoms with Crippen LogP contribution < -0.4 is 11.5 Å². The van der Waals surface area contributed by atoms with Crippen molar-refractivity contribution in [2.75, 3.05) is 5.73 Å². The van der Waals surface area contributed by atoms with Gasteiger partial charge in [0, 0.05) is 36.4 Å². The Balaban J connectivity index is 2.61. The minimum Gasteiger partial charge on any atom is -0.398 e. The minimum absolute atomic E-state index is 0.0153. The summed E-state index contributed by atoms with van der Waals surface area (Å²) in [7, 11) is 1.79. The zero-order valence-corrected chi connectivity index (χ0v) is 15.3. The first-order chi connectivity index (χ1) is 12.1. The molecule has 0 spiro atoms. The molecule has 0 radical (unpaired) electrons. The molecule has 8 nitrogen and oxygen atoms in total. The molecule has 2 heterocycles. The highest BCUT2D eigenvalue weighted by atomic mass is 16.1. The van der Waals surface area contributed by atoms with Crippen molar-refractivity contribution in [1.82, 2.24) is 14.5 Å². The SMILES string of the molecule is C/C(=C\C(=N)C(C)C)c1cn(C)c(-c2nc(C(N)=O)cc(N)c2C=N)n1. The smallest absolute Gasteiger partial charge is 0.267 e. The first-order valence-corrected chi connectivity index (χ1v) is 8.07. The van der Waals surface area contributed by atoms with E-state index in [2.05, 4.69) is 9.97 Å². The number of nitrogens with two attached hydrogens (primary N) is 2. The van der Waals surface area contributed by atoms with Crippen LogP contribution in [0, 0.1) is 16.7 Å². The summed E-state index contributed by atoms with van der Waals surface area (Å²) >= 11 is 0.